The summed E-state index contributed by atoms with van der Waals surface area (Å²) in [5.74, 6) is 3.46. The lowest BCUT2D eigenvalue weighted by Crippen LogP contribution is -2.50. The van der Waals surface area contributed by atoms with Crippen molar-refractivity contribution in [2.45, 2.75) is 49.0 Å². The fourth-order valence-electron chi connectivity index (χ4n) is 5.08. The number of piperidine rings is 1. The number of aliphatic hydroxyl groups excluding tert-OH is 1. The lowest BCUT2D eigenvalue weighted by molar-refractivity contribution is -0.00949. The minimum Gasteiger partial charge on any atom is -0.479 e. The lowest BCUT2D eigenvalue weighted by Gasteiger charge is -2.45. The molecule has 2 aliphatic heterocycles. The maximum atomic E-state index is 13.3. The predicted molar refractivity (Wildman–Crippen MR) is 139 cm³/mol. The third-order valence-corrected chi connectivity index (χ3v) is 9.38. The van der Waals surface area contributed by atoms with Gasteiger partial charge < -0.3 is 20.5 Å². The Hall–Kier alpha value is -3.74. The fraction of sp³-hybridized carbons (Fsp3) is 0.321. The number of aromatic nitrogens is 1. The van der Waals surface area contributed by atoms with Gasteiger partial charge in [-0.05, 0) is 73.9 Å². The highest BCUT2D eigenvalue weighted by Crippen LogP contribution is 2.46. The van der Waals surface area contributed by atoms with Crippen LogP contribution in [0, 0.1) is 12.0 Å². The number of fused-ring (bicyclic) bond motifs is 4. The zero-order valence-corrected chi connectivity index (χ0v) is 21.6. The summed E-state index contributed by atoms with van der Waals surface area (Å²) in [6, 6.07) is 18.1. The predicted octanol–water partition coefficient (Wildman–Crippen LogP) is 2.94. The molecule has 1 aromatic heterocycles. The molecule has 8 nitrogen and oxygen atoms in total. The van der Waals surface area contributed by atoms with Crippen LogP contribution in [-0.4, -0.2) is 47.2 Å². The van der Waals surface area contributed by atoms with Crippen LogP contribution in [0.4, 0.5) is 0 Å². The molecule has 1 spiro atoms. The largest absolute Gasteiger partial charge is 0.479 e. The van der Waals surface area contributed by atoms with Crippen molar-refractivity contribution in [3.8, 4) is 23.4 Å². The summed E-state index contributed by atoms with van der Waals surface area (Å²) in [7, 11) is -3.40. The molecule has 37 heavy (non-hydrogen) atoms. The standard InChI is InChI=1S/C28H29N3O5S/c1-19(2)37(34,35)23-7-4-21(5-8-23)27(33)30-15-12-28(13-16-30)26-10-6-22(11-14-29)31(26)24-9-3-20(18-32)17-25(24)36-28/h3-10,17,19,32H,12-13,15-16,18,29H2,1-2H3. The van der Waals surface area contributed by atoms with E-state index in [1.807, 2.05) is 34.9 Å². The van der Waals surface area contributed by atoms with E-state index in [4.69, 9.17) is 10.5 Å². The van der Waals surface area contributed by atoms with E-state index in [-0.39, 0.29) is 17.4 Å². The van der Waals surface area contributed by atoms with E-state index < -0.39 is 20.7 Å². The van der Waals surface area contributed by atoms with Gasteiger partial charge in [-0.1, -0.05) is 6.07 Å². The van der Waals surface area contributed by atoms with Crippen LogP contribution < -0.4 is 10.5 Å². The molecule has 0 unspecified atom stereocenters. The maximum absolute atomic E-state index is 13.3. The third-order valence-electron chi connectivity index (χ3n) is 7.21. The number of nitrogens with two attached hydrogens (primary N) is 1. The van der Waals surface area contributed by atoms with E-state index in [2.05, 4.69) is 12.0 Å². The molecule has 0 radical (unpaired) electrons. The molecule has 1 saturated heterocycles. The van der Waals surface area contributed by atoms with Crippen LogP contribution in [0.5, 0.6) is 5.75 Å². The minimum atomic E-state index is -3.40. The van der Waals surface area contributed by atoms with Crippen LogP contribution in [-0.2, 0) is 22.0 Å². The van der Waals surface area contributed by atoms with Gasteiger partial charge in [-0.3, -0.25) is 9.36 Å². The molecular formula is C28H29N3O5S. The second-order valence-corrected chi connectivity index (χ2v) is 12.2. The van der Waals surface area contributed by atoms with E-state index in [0.29, 0.717) is 37.2 Å². The first-order valence-corrected chi connectivity index (χ1v) is 13.7. The number of benzene rings is 2. The van der Waals surface area contributed by atoms with E-state index >= 15 is 0 Å². The Balaban J connectivity index is 1.41. The number of hydrogen-bond acceptors (Lipinski definition) is 6. The topological polar surface area (TPSA) is 115 Å². The Morgan fingerprint density at radius 2 is 1.81 bits per heavy atom. The zero-order valence-electron chi connectivity index (χ0n) is 20.8. The van der Waals surface area contributed by atoms with Crippen LogP contribution in [0.15, 0.2) is 59.5 Å². The number of rotatable bonds is 4. The number of sulfone groups is 1. The number of amides is 1. The summed E-state index contributed by atoms with van der Waals surface area (Å²) < 4.78 is 33.5. The van der Waals surface area contributed by atoms with Gasteiger partial charge in [0.25, 0.3) is 5.91 Å². The number of carbonyl (C=O) groups is 1. The van der Waals surface area contributed by atoms with Crippen molar-refractivity contribution in [2.75, 3.05) is 13.1 Å². The van der Waals surface area contributed by atoms with Crippen molar-refractivity contribution in [1.82, 2.24) is 9.47 Å². The summed E-state index contributed by atoms with van der Waals surface area (Å²) in [6.07, 6.45) is 1.11. The van der Waals surface area contributed by atoms with Gasteiger partial charge >= 0.3 is 0 Å². The Bertz CT molecular complexity index is 1520. The maximum Gasteiger partial charge on any atom is 0.253 e. The molecule has 0 aliphatic carbocycles. The van der Waals surface area contributed by atoms with Crippen molar-refractivity contribution in [2.24, 2.45) is 5.73 Å². The van der Waals surface area contributed by atoms with Crippen molar-refractivity contribution in [3.05, 3.63) is 77.1 Å². The second-order valence-electron chi connectivity index (χ2n) is 9.68. The summed E-state index contributed by atoms with van der Waals surface area (Å²) in [6.45, 7) is 4.09. The number of hydrogen-bond donors (Lipinski definition) is 2. The van der Waals surface area contributed by atoms with Crippen LogP contribution in [0.25, 0.3) is 5.69 Å². The molecule has 0 atom stereocenters. The minimum absolute atomic E-state index is 0.100. The van der Waals surface area contributed by atoms with E-state index in [1.54, 1.807) is 30.9 Å². The average molecular weight is 520 g/mol. The molecule has 0 bridgehead atoms. The molecule has 0 saturated carbocycles. The van der Waals surface area contributed by atoms with Crippen LogP contribution in [0.3, 0.4) is 0 Å². The first-order valence-electron chi connectivity index (χ1n) is 12.2. The molecule has 9 heteroatoms. The molecule has 3 N–H and O–H groups in total. The lowest BCUT2D eigenvalue weighted by atomic mass is 9.86. The monoisotopic (exact) mass is 519 g/mol. The van der Waals surface area contributed by atoms with Crippen LogP contribution in [0.2, 0.25) is 0 Å². The second kappa shape index (κ2) is 9.29. The van der Waals surface area contributed by atoms with Gasteiger partial charge in [-0.25, -0.2) is 8.42 Å². The average Bonchev–Trinajstić information content (AvgIpc) is 3.33. The Morgan fingerprint density at radius 1 is 1.11 bits per heavy atom. The van der Waals surface area contributed by atoms with Gasteiger partial charge in [0.2, 0.25) is 0 Å². The summed E-state index contributed by atoms with van der Waals surface area (Å²) in [5, 5.41) is 9.12. The zero-order chi connectivity index (χ0) is 26.4. The molecule has 1 fully saturated rings. The number of likely N-dealkylation sites (tertiary alicyclic amines) is 1. The highest BCUT2D eigenvalue weighted by atomic mass is 32.2. The quantitative estimate of drug-likeness (QED) is 0.405. The molecule has 192 valence electrons. The summed E-state index contributed by atoms with van der Waals surface area (Å²) >= 11 is 0. The number of nitrogens with zero attached hydrogens (tertiary/aromatic N) is 2. The smallest absolute Gasteiger partial charge is 0.253 e. The summed E-state index contributed by atoms with van der Waals surface area (Å²) in [4.78, 5) is 15.2. The Kier molecular flexibility index (Phi) is 6.26. The van der Waals surface area contributed by atoms with E-state index in [0.717, 1.165) is 22.6 Å². The molecular weight excluding hydrogens is 490 g/mol. The molecule has 2 aromatic carbocycles. The van der Waals surface area contributed by atoms with Gasteiger partial charge in [-0.15, -0.1) is 0 Å². The number of carbonyl (C=O) groups excluding carboxylic acids is 1. The molecule has 1 amide bonds. The first-order chi connectivity index (χ1) is 17.7. The summed E-state index contributed by atoms with van der Waals surface area (Å²) in [5.41, 5.74) is 8.57. The van der Waals surface area contributed by atoms with Crippen molar-refractivity contribution in [3.63, 3.8) is 0 Å². The normalized spacial score (nSPS) is 15.9. The first kappa shape index (κ1) is 24.9. The molecule has 3 aromatic rings. The van der Waals surface area contributed by atoms with Crippen molar-refractivity contribution >= 4 is 15.7 Å². The SMILES string of the molecule is CC(C)S(=O)(=O)c1ccc(C(=O)N2CCC3(CC2)Oc2cc(CO)ccc2-n2c(C#CN)ccc23)cc1. The van der Waals surface area contributed by atoms with E-state index in [9.17, 15) is 18.3 Å². The molecule has 5 rings (SSSR count). The number of ether oxygens (including phenoxy) is 1. The van der Waals surface area contributed by atoms with Crippen LogP contribution >= 0.6 is 0 Å². The van der Waals surface area contributed by atoms with Gasteiger partial charge in [0.05, 0.1) is 33.8 Å². The van der Waals surface area contributed by atoms with E-state index in [1.165, 1.54) is 12.1 Å². The number of aliphatic hydroxyl groups is 1. The highest BCUT2D eigenvalue weighted by Gasteiger charge is 2.45. The fourth-order valence-corrected chi connectivity index (χ4v) is 6.14. The van der Waals surface area contributed by atoms with Crippen molar-refractivity contribution < 1.29 is 23.1 Å². The third kappa shape index (κ3) is 4.16. The molecule has 3 heterocycles. The van der Waals surface area contributed by atoms with Crippen molar-refractivity contribution in [1.29, 1.82) is 0 Å². The highest BCUT2D eigenvalue weighted by molar-refractivity contribution is 7.92. The van der Waals surface area contributed by atoms with Gasteiger partial charge in [-0.2, -0.15) is 0 Å². The van der Waals surface area contributed by atoms with Gasteiger partial charge in [0.1, 0.15) is 5.75 Å². The Morgan fingerprint density at radius 3 is 2.43 bits per heavy atom. The van der Waals surface area contributed by atoms with Gasteiger partial charge in [0.15, 0.2) is 15.4 Å². The Labute approximate surface area is 216 Å². The van der Waals surface area contributed by atoms with Gasteiger partial charge in [0, 0.05) is 37.5 Å². The van der Waals surface area contributed by atoms with Crippen LogP contribution in [0.1, 0.15) is 54.0 Å². The molecule has 2 aliphatic rings.